The summed E-state index contributed by atoms with van der Waals surface area (Å²) in [5.41, 5.74) is 0. The summed E-state index contributed by atoms with van der Waals surface area (Å²) in [6.07, 6.45) is -2.10. The zero-order valence-corrected chi connectivity index (χ0v) is 9.81. The topological polar surface area (TPSA) is 21.3 Å². The number of ether oxygens (including phenoxy) is 1. The molecule has 96 valence electrons. The van der Waals surface area contributed by atoms with Crippen molar-refractivity contribution < 1.29 is 17.9 Å². The fourth-order valence-electron chi connectivity index (χ4n) is 2.12. The molecule has 0 amide bonds. The SMILES string of the molecule is CCC1CC(NC(C)CC(F)(F)F)CCO1. The fourth-order valence-corrected chi connectivity index (χ4v) is 2.12. The molecule has 0 radical (unpaired) electrons. The van der Waals surface area contributed by atoms with Crippen molar-refractivity contribution in [3.8, 4) is 0 Å². The second kappa shape index (κ2) is 5.87. The molecule has 1 heterocycles. The van der Waals surface area contributed by atoms with Crippen LogP contribution >= 0.6 is 0 Å². The smallest absolute Gasteiger partial charge is 0.378 e. The molecular formula is C11H20F3NO. The third kappa shape index (κ3) is 5.16. The van der Waals surface area contributed by atoms with Gasteiger partial charge < -0.3 is 10.1 Å². The van der Waals surface area contributed by atoms with E-state index >= 15 is 0 Å². The van der Waals surface area contributed by atoms with E-state index in [9.17, 15) is 13.2 Å². The molecule has 3 atom stereocenters. The maximum atomic E-state index is 12.1. The Morgan fingerprint density at radius 1 is 1.44 bits per heavy atom. The first-order valence-electron chi connectivity index (χ1n) is 5.85. The van der Waals surface area contributed by atoms with Crippen molar-refractivity contribution in [2.45, 2.75) is 63.9 Å². The van der Waals surface area contributed by atoms with Gasteiger partial charge in [-0.3, -0.25) is 0 Å². The summed E-state index contributed by atoms with van der Waals surface area (Å²) in [5, 5.41) is 3.04. The van der Waals surface area contributed by atoms with Gasteiger partial charge in [-0.05, 0) is 26.2 Å². The summed E-state index contributed by atoms with van der Waals surface area (Å²) < 4.78 is 41.9. The third-order valence-corrected chi connectivity index (χ3v) is 2.88. The normalized spacial score (nSPS) is 29.1. The van der Waals surface area contributed by atoms with Crippen molar-refractivity contribution in [1.82, 2.24) is 5.32 Å². The Bertz CT molecular complexity index is 208. The van der Waals surface area contributed by atoms with Gasteiger partial charge in [0.2, 0.25) is 0 Å². The quantitative estimate of drug-likeness (QED) is 0.814. The van der Waals surface area contributed by atoms with E-state index in [0.717, 1.165) is 19.3 Å². The van der Waals surface area contributed by atoms with E-state index < -0.39 is 18.6 Å². The Labute approximate surface area is 94.5 Å². The van der Waals surface area contributed by atoms with Crippen LogP contribution in [0.4, 0.5) is 13.2 Å². The molecule has 0 aliphatic carbocycles. The highest BCUT2D eigenvalue weighted by Gasteiger charge is 2.31. The molecule has 0 aromatic heterocycles. The number of nitrogens with one attached hydrogen (secondary N) is 1. The lowest BCUT2D eigenvalue weighted by atomic mass is 10.0. The molecule has 1 aliphatic heterocycles. The van der Waals surface area contributed by atoms with Gasteiger partial charge in [0.25, 0.3) is 0 Å². The highest BCUT2D eigenvalue weighted by molar-refractivity contribution is 4.79. The Kier molecular flexibility index (Phi) is 5.05. The summed E-state index contributed by atoms with van der Waals surface area (Å²) in [6.45, 7) is 4.27. The summed E-state index contributed by atoms with van der Waals surface area (Å²) >= 11 is 0. The van der Waals surface area contributed by atoms with Crippen LogP contribution in [-0.4, -0.2) is 31.0 Å². The van der Waals surface area contributed by atoms with Gasteiger partial charge in [0.15, 0.2) is 0 Å². The lowest BCUT2D eigenvalue weighted by molar-refractivity contribution is -0.140. The van der Waals surface area contributed by atoms with Gasteiger partial charge in [-0.2, -0.15) is 13.2 Å². The first kappa shape index (κ1) is 13.8. The van der Waals surface area contributed by atoms with Crippen molar-refractivity contribution in [1.29, 1.82) is 0 Å². The zero-order valence-electron chi connectivity index (χ0n) is 9.81. The minimum Gasteiger partial charge on any atom is -0.378 e. The molecule has 0 bridgehead atoms. The van der Waals surface area contributed by atoms with Gasteiger partial charge in [-0.1, -0.05) is 6.92 Å². The van der Waals surface area contributed by atoms with E-state index in [1.165, 1.54) is 0 Å². The van der Waals surface area contributed by atoms with Crippen LogP contribution in [0.1, 0.15) is 39.5 Å². The van der Waals surface area contributed by atoms with Crippen LogP contribution in [0.25, 0.3) is 0 Å². The second-order valence-corrected chi connectivity index (χ2v) is 4.51. The fraction of sp³-hybridized carbons (Fsp3) is 1.00. The third-order valence-electron chi connectivity index (χ3n) is 2.88. The minimum absolute atomic E-state index is 0.163. The van der Waals surface area contributed by atoms with Crippen molar-refractivity contribution >= 4 is 0 Å². The molecule has 2 nitrogen and oxygen atoms in total. The standard InChI is InChI=1S/C11H20F3NO/c1-3-10-6-9(4-5-16-10)15-8(2)7-11(12,13)14/h8-10,15H,3-7H2,1-2H3. The molecule has 0 spiro atoms. The number of alkyl halides is 3. The number of halogens is 3. The summed E-state index contributed by atoms with van der Waals surface area (Å²) in [6, 6.07) is -0.350. The molecule has 1 fully saturated rings. The number of hydrogen-bond donors (Lipinski definition) is 1. The van der Waals surface area contributed by atoms with Crippen LogP contribution in [0.5, 0.6) is 0 Å². The van der Waals surface area contributed by atoms with Crippen molar-refractivity contribution in [2.75, 3.05) is 6.61 Å². The monoisotopic (exact) mass is 239 g/mol. The van der Waals surface area contributed by atoms with E-state index in [4.69, 9.17) is 4.74 Å². The number of hydrogen-bond acceptors (Lipinski definition) is 2. The predicted octanol–water partition coefficient (Wildman–Crippen LogP) is 2.87. The van der Waals surface area contributed by atoms with Gasteiger partial charge in [0.1, 0.15) is 0 Å². The molecule has 3 unspecified atom stereocenters. The molecule has 5 heteroatoms. The van der Waals surface area contributed by atoms with E-state index in [0.29, 0.717) is 6.61 Å². The van der Waals surface area contributed by atoms with Crippen LogP contribution in [-0.2, 0) is 4.74 Å². The first-order valence-corrected chi connectivity index (χ1v) is 5.85. The Balaban J connectivity index is 2.30. The zero-order chi connectivity index (χ0) is 12.2. The largest absolute Gasteiger partial charge is 0.390 e. The van der Waals surface area contributed by atoms with E-state index in [1.54, 1.807) is 6.92 Å². The molecule has 16 heavy (non-hydrogen) atoms. The molecule has 0 aromatic rings. The van der Waals surface area contributed by atoms with Crippen LogP contribution < -0.4 is 5.32 Å². The molecule has 0 saturated carbocycles. The van der Waals surface area contributed by atoms with Crippen LogP contribution in [0.3, 0.4) is 0 Å². The minimum atomic E-state index is -4.08. The first-order chi connectivity index (χ1) is 7.40. The summed E-state index contributed by atoms with van der Waals surface area (Å²) in [4.78, 5) is 0. The van der Waals surface area contributed by atoms with Crippen molar-refractivity contribution in [3.05, 3.63) is 0 Å². The predicted molar refractivity (Wildman–Crippen MR) is 56.3 cm³/mol. The Hall–Kier alpha value is -0.290. The molecule has 1 saturated heterocycles. The molecule has 1 rings (SSSR count). The average molecular weight is 239 g/mol. The van der Waals surface area contributed by atoms with Crippen molar-refractivity contribution in [2.24, 2.45) is 0 Å². The number of rotatable bonds is 4. The van der Waals surface area contributed by atoms with E-state index in [2.05, 4.69) is 5.32 Å². The van der Waals surface area contributed by atoms with Crippen LogP contribution in [0.15, 0.2) is 0 Å². The van der Waals surface area contributed by atoms with Gasteiger partial charge in [0, 0.05) is 18.7 Å². The summed E-state index contributed by atoms with van der Waals surface area (Å²) in [5.74, 6) is 0. The highest BCUT2D eigenvalue weighted by Crippen LogP contribution is 2.23. The van der Waals surface area contributed by atoms with Crippen LogP contribution in [0, 0.1) is 0 Å². The average Bonchev–Trinajstić information content (AvgIpc) is 2.15. The Morgan fingerprint density at radius 3 is 2.69 bits per heavy atom. The van der Waals surface area contributed by atoms with Crippen molar-refractivity contribution in [3.63, 3.8) is 0 Å². The molecule has 0 aromatic carbocycles. The lowest BCUT2D eigenvalue weighted by Gasteiger charge is -2.32. The van der Waals surface area contributed by atoms with Crippen LogP contribution in [0.2, 0.25) is 0 Å². The van der Waals surface area contributed by atoms with Gasteiger partial charge >= 0.3 is 6.18 Å². The Morgan fingerprint density at radius 2 is 2.12 bits per heavy atom. The van der Waals surface area contributed by atoms with E-state index in [1.807, 2.05) is 6.92 Å². The maximum Gasteiger partial charge on any atom is 0.390 e. The molecule has 1 aliphatic rings. The molecule has 1 N–H and O–H groups in total. The molecular weight excluding hydrogens is 219 g/mol. The van der Waals surface area contributed by atoms with Gasteiger partial charge in [-0.15, -0.1) is 0 Å². The van der Waals surface area contributed by atoms with Gasteiger partial charge in [0.05, 0.1) is 12.5 Å². The van der Waals surface area contributed by atoms with E-state index in [-0.39, 0.29) is 12.1 Å². The van der Waals surface area contributed by atoms with Gasteiger partial charge in [-0.25, -0.2) is 0 Å². The highest BCUT2D eigenvalue weighted by atomic mass is 19.4. The second-order valence-electron chi connectivity index (χ2n) is 4.51. The summed E-state index contributed by atoms with van der Waals surface area (Å²) in [7, 11) is 0. The maximum absolute atomic E-state index is 12.1. The lowest BCUT2D eigenvalue weighted by Crippen LogP contribution is -2.44.